The van der Waals surface area contributed by atoms with Crippen molar-refractivity contribution in [3.63, 3.8) is 0 Å². The van der Waals surface area contributed by atoms with E-state index in [-0.39, 0.29) is 11.2 Å². The maximum absolute atomic E-state index is 13.4. The van der Waals surface area contributed by atoms with E-state index in [0.717, 1.165) is 17.4 Å². The van der Waals surface area contributed by atoms with Gasteiger partial charge in [0.15, 0.2) is 0 Å². The van der Waals surface area contributed by atoms with Crippen molar-refractivity contribution in [3.8, 4) is 0 Å². The molecule has 1 aliphatic rings. The number of aryl methyl sites for hydroxylation is 1. The van der Waals surface area contributed by atoms with Crippen LogP contribution in [0, 0.1) is 12.7 Å². The van der Waals surface area contributed by atoms with Crippen molar-refractivity contribution >= 4 is 10.9 Å². The van der Waals surface area contributed by atoms with Gasteiger partial charge in [-0.1, -0.05) is 0 Å². The van der Waals surface area contributed by atoms with Crippen molar-refractivity contribution in [1.82, 2.24) is 10.3 Å². The predicted octanol–water partition coefficient (Wildman–Crippen LogP) is 2.87. The average molecular weight is 232 g/mol. The quantitative estimate of drug-likeness (QED) is 0.836. The van der Waals surface area contributed by atoms with Crippen LogP contribution in [0.2, 0.25) is 0 Å². The molecule has 1 saturated carbocycles. The van der Waals surface area contributed by atoms with Crippen molar-refractivity contribution in [1.29, 1.82) is 0 Å². The van der Waals surface area contributed by atoms with Crippen LogP contribution < -0.4 is 5.32 Å². The highest BCUT2D eigenvalue weighted by atomic mass is 19.1. The fraction of sp³-hybridized carbons (Fsp3) is 0.429. The van der Waals surface area contributed by atoms with E-state index >= 15 is 0 Å². The zero-order chi connectivity index (χ0) is 12.0. The Hall–Kier alpha value is -1.35. The minimum Gasteiger partial charge on any atom is -0.358 e. The number of aromatic amines is 1. The molecule has 0 saturated heterocycles. The summed E-state index contributed by atoms with van der Waals surface area (Å²) in [5.41, 5.74) is 3.76. The number of fused-ring (bicyclic) bond motifs is 1. The van der Waals surface area contributed by atoms with E-state index in [4.69, 9.17) is 0 Å². The molecule has 17 heavy (non-hydrogen) atoms. The van der Waals surface area contributed by atoms with Gasteiger partial charge < -0.3 is 10.3 Å². The second-order valence-electron chi connectivity index (χ2n) is 5.13. The lowest BCUT2D eigenvalue weighted by Crippen LogP contribution is -2.24. The van der Waals surface area contributed by atoms with Crippen LogP contribution in [0.5, 0.6) is 0 Å². The van der Waals surface area contributed by atoms with Gasteiger partial charge >= 0.3 is 0 Å². The van der Waals surface area contributed by atoms with Crippen LogP contribution >= 0.6 is 0 Å². The third kappa shape index (κ3) is 1.57. The van der Waals surface area contributed by atoms with Crippen LogP contribution in [0.15, 0.2) is 18.2 Å². The van der Waals surface area contributed by atoms with E-state index in [1.54, 1.807) is 6.07 Å². The summed E-state index contributed by atoms with van der Waals surface area (Å²) < 4.78 is 13.4. The molecule has 0 radical (unpaired) electrons. The summed E-state index contributed by atoms with van der Waals surface area (Å²) in [5.74, 6) is -0.155. The number of likely N-dealkylation sites (N-methyl/N-ethyl adjacent to an activating group) is 1. The molecular formula is C14H17FN2. The van der Waals surface area contributed by atoms with Gasteiger partial charge in [0, 0.05) is 28.6 Å². The van der Waals surface area contributed by atoms with Crippen molar-refractivity contribution in [2.24, 2.45) is 0 Å². The van der Waals surface area contributed by atoms with Gasteiger partial charge in [0.2, 0.25) is 0 Å². The van der Waals surface area contributed by atoms with Gasteiger partial charge in [-0.3, -0.25) is 0 Å². The predicted molar refractivity (Wildman–Crippen MR) is 67.8 cm³/mol. The Bertz CT molecular complexity index is 567. The highest BCUT2D eigenvalue weighted by Crippen LogP contribution is 2.51. The summed E-state index contributed by atoms with van der Waals surface area (Å²) >= 11 is 0. The SMILES string of the molecule is CNCC1(c2c(C)[nH]c3ccc(F)cc23)CC1. The molecule has 1 aliphatic carbocycles. The third-order valence-electron chi connectivity index (χ3n) is 3.85. The molecule has 0 unspecified atom stereocenters. The van der Waals surface area contributed by atoms with Gasteiger partial charge in [0.25, 0.3) is 0 Å². The maximum Gasteiger partial charge on any atom is 0.123 e. The fourth-order valence-corrected chi connectivity index (χ4v) is 2.99. The number of nitrogens with one attached hydrogen (secondary N) is 2. The van der Waals surface area contributed by atoms with Gasteiger partial charge in [0.1, 0.15) is 5.82 Å². The van der Waals surface area contributed by atoms with E-state index in [2.05, 4.69) is 17.2 Å². The van der Waals surface area contributed by atoms with E-state index in [1.807, 2.05) is 13.1 Å². The lowest BCUT2D eigenvalue weighted by atomic mass is 9.93. The van der Waals surface area contributed by atoms with E-state index in [9.17, 15) is 4.39 Å². The van der Waals surface area contributed by atoms with E-state index in [0.29, 0.717) is 0 Å². The summed E-state index contributed by atoms with van der Waals surface area (Å²) in [5, 5.41) is 4.31. The average Bonchev–Trinajstić information content (AvgIpc) is 2.96. The van der Waals surface area contributed by atoms with Crippen LogP contribution in [0.1, 0.15) is 24.1 Å². The first-order valence-corrected chi connectivity index (χ1v) is 6.09. The van der Waals surface area contributed by atoms with Crippen molar-refractivity contribution < 1.29 is 4.39 Å². The van der Waals surface area contributed by atoms with Crippen LogP contribution in [0.3, 0.4) is 0 Å². The first-order chi connectivity index (χ1) is 8.16. The molecule has 1 heterocycles. The van der Waals surface area contributed by atoms with E-state index in [1.165, 1.54) is 30.2 Å². The minimum absolute atomic E-state index is 0.155. The van der Waals surface area contributed by atoms with Crippen molar-refractivity contribution in [2.75, 3.05) is 13.6 Å². The Kier molecular flexibility index (Phi) is 2.26. The second-order valence-corrected chi connectivity index (χ2v) is 5.13. The number of rotatable bonds is 3. The maximum atomic E-state index is 13.4. The number of hydrogen-bond donors (Lipinski definition) is 2. The molecule has 2 aromatic rings. The van der Waals surface area contributed by atoms with Crippen LogP contribution in [-0.4, -0.2) is 18.6 Å². The second kappa shape index (κ2) is 3.57. The molecule has 2 N–H and O–H groups in total. The van der Waals surface area contributed by atoms with Gasteiger partial charge in [-0.25, -0.2) is 4.39 Å². The molecular weight excluding hydrogens is 215 g/mol. The first-order valence-electron chi connectivity index (χ1n) is 6.09. The molecule has 3 rings (SSSR count). The van der Waals surface area contributed by atoms with Crippen LogP contribution in [-0.2, 0) is 5.41 Å². The Morgan fingerprint density at radius 1 is 1.41 bits per heavy atom. The van der Waals surface area contributed by atoms with Gasteiger partial charge in [-0.15, -0.1) is 0 Å². The molecule has 1 aromatic heterocycles. The number of benzene rings is 1. The lowest BCUT2D eigenvalue weighted by Gasteiger charge is -2.15. The number of aromatic nitrogens is 1. The third-order valence-corrected chi connectivity index (χ3v) is 3.85. The number of H-pyrrole nitrogens is 1. The van der Waals surface area contributed by atoms with Crippen LogP contribution in [0.4, 0.5) is 4.39 Å². The van der Waals surface area contributed by atoms with Crippen molar-refractivity contribution in [3.05, 3.63) is 35.3 Å². The lowest BCUT2D eigenvalue weighted by molar-refractivity contribution is 0.621. The Labute approximate surface area is 100 Å². The molecule has 3 heteroatoms. The zero-order valence-electron chi connectivity index (χ0n) is 10.2. The van der Waals surface area contributed by atoms with Gasteiger partial charge in [-0.2, -0.15) is 0 Å². The molecule has 1 fully saturated rings. The van der Waals surface area contributed by atoms with Crippen molar-refractivity contribution in [2.45, 2.75) is 25.2 Å². The number of hydrogen-bond acceptors (Lipinski definition) is 1. The highest BCUT2D eigenvalue weighted by Gasteiger charge is 2.46. The smallest absolute Gasteiger partial charge is 0.123 e. The molecule has 0 aliphatic heterocycles. The summed E-state index contributed by atoms with van der Waals surface area (Å²) in [6.07, 6.45) is 2.39. The van der Waals surface area contributed by atoms with Gasteiger partial charge in [0.05, 0.1) is 0 Å². The Balaban J connectivity index is 2.21. The molecule has 2 nitrogen and oxygen atoms in total. The summed E-state index contributed by atoms with van der Waals surface area (Å²) in [4.78, 5) is 3.36. The van der Waals surface area contributed by atoms with Gasteiger partial charge in [-0.05, 0) is 50.6 Å². The normalized spacial score (nSPS) is 17.6. The summed E-state index contributed by atoms with van der Waals surface area (Å²) in [6, 6.07) is 5.00. The standard InChI is InChI=1S/C14H17FN2/c1-9-13(14(5-6-14)8-16-2)11-7-10(15)3-4-12(11)17-9/h3-4,7,16-17H,5-6,8H2,1-2H3. The highest BCUT2D eigenvalue weighted by molar-refractivity contribution is 5.86. The van der Waals surface area contributed by atoms with Crippen LogP contribution in [0.25, 0.3) is 10.9 Å². The first kappa shape index (κ1) is 10.8. The largest absolute Gasteiger partial charge is 0.358 e. The van der Waals surface area contributed by atoms with E-state index < -0.39 is 0 Å². The molecule has 0 atom stereocenters. The monoisotopic (exact) mass is 232 g/mol. The zero-order valence-corrected chi connectivity index (χ0v) is 10.2. The topological polar surface area (TPSA) is 27.8 Å². The number of halogens is 1. The molecule has 0 bridgehead atoms. The summed E-state index contributed by atoms with van der Waals surface area (Å²) in [7, 11) is 1.98. The molecule has 90 valence electrons. The molecule has 0 spiro atoms. The molecule has 0 amide bonds. The fourth-order valence-electron chi connectivity index (χ4n) is 2.99. The minimum atomic E-state index is -0.155. The molecule has 1 aromatic carbocycles. The Morgan fingerprint density at radius 2 is 2.18 bits per heavy atom. The Morgan fingerprint density at radius 3 is 2.82 bits per heavy atom. The summed E-state index contributed by atoms with van der Waals surface area (Å²) in [6.45, 7) is 3.06.